The summed E-state index contributed by atoms with van der Waals surface area (Å²) in [5.74, 6) is 4.92. The number of nitrogens with one attached hydrogen (secondary N) is 3. The van der Waals surface area contributed by atoms with Gasteiger partial charge in [-0.15, -0.1) is 0 Å². The van der Waals surface area contributed by atoms with Crippen molar-refractivity contribution in [3.05, 3.63) is 63.7 Å². The highest BCUT2D eigenvalue weighted by atomic mass is 19.4. The molecule has 0 aliphatic carbocycles. The number of aromatic nitrogens is 5. The summed E-state index contributed by atoms with van der Waals surface area (Å²) in [5, 5.41) is 0. The SMILES string of the molecule is NNC(=O)c1nc2c(=O)[nH]c3cc(C(F)(F)F)ccc3n2c1Cc1ncc[nH]1. The Hall–Kier alpha value is -3.67. The predicted octanol–water partition coefficient (Wildman–Crippen LogP) is 1.11. The van der Waals surface area contributed by atoms with E-state index in [9.17, 15) is 22.8 Å². The van der Waals surface area contributed by atoms with Crippen LogP contribution in [0.5, 0.6) is 0 Å². The van der Waals surface area contributed by atoms with E-state index in [0.717, 1.165) is 12.1 Å². The maximum atomic E-state index is 13.0. The van der Waals surface area contributed by atoms with Gasteiger partial charge in [0.1, 0.15) is 5.82 Å². The van der Waals surface area contributed by atoms with Gasteiger partial charge in [-0.3, -0.25) is 19.4 Å². The summed E-state index contributed by atoms with van der Waals surface area (Å²) in [6.45, 7) is 0. The molecular formula is C16H12F3N7O2. The Morgan fingerprint density at radius 1 is 1.32 bits per heavy atom. The minimum absolute atomic E-state index is 0.0508. The Kier molecular flexibility index (Phi) is 3.92. The molecule has 0 aliphatic heterocycles. The molecule has 3 aromatic heterocycles. The molecule has 3 heterocycles. The molecule has 144 valence electrons. The van der Waals surface area contributed by atoms with Crippen LogP contribution in [0.3, 0.4) is 0 Å². The number of halogens is 3. The Morgan fingerprint density at radius 3 is 2.75 bits per heavy atom. The third-order valence-electron chi connectivity index (χ3n) is 4.22. The second-order valence-electron chi connectivity index (χ2n) is 5.94. The molecule has 0 saturated heterocycles. The van der Waals surface area contributed by atoms with Crippen molar-refractivity contribution in [1.82, 2.24) is 29.8 Å². The minimum atomic E-state index is -4.57. The van der Waals surface area contributed by atoms with Crippen molar-refractivity contribution >= 4 is 22.6 Å². The quantitative estimate of drug-likeness (QED) is 0.236. The van der Waals surface area contributed by atoms with E-state index in [-0.39, 0.29) is 34.5 Å². The summed E-state index contributed by atoms with van der Waals surface area (Å²) < 4.78 is 40.4. The fraction of sp³-hybridized carbons (Fsp3) is 0.125. The lowest BCUT2D eigenvalue weighted by Gasteiger charge is -2.10. The van der Waals surface area contributed by atoms with E-state index in [1.54, 1.807) is 6.20 Å². The summed E-state index contributed by atoms with van der Waals surface area (Å²) in [6.07, 6.45) is -1.43. The van der Waals surface area contributed by atoms with Crippen LogP contribution >= 0.6 is 0 Å². The highest BCUT2D eigenvalue weighted by molar-refractivity contribution is 5.95. The van der Waals surface area contributed by atoms with Gasteiger partial charge in [0, 0.05) is 18.8 Å². The summed E-state index contributed by atoms with van der Waals surface area (Å²) >= 11 is 0. The highest BCUT2D eigenvalue weighted by Gasteiger charge is 2.31. The van der Waals surface area contributed by atoms with Crippen molar-refractivity contribution in [1.29, 1.82) is 0 Å². The molecule has 4 rings (SSSR count). The molecule has 1 aromatic carbocycles. The first-order valence-corrected chi connectivity index (χ1v) is 7.93. The Labute approximate surface area is 153 Å². The smallest absolute Gasteiger partial charge is 0.348 e. The zero-order valence-electron chi connectivity index (χ0n) is 14.0. The summed E-state index contributed by atoms with van der Waals surface area (Å²) in [7, 11) is 0. The molecule has 12 heteroatoms. The summed E-state index contributed by atoms with van der Waals surface area (Å²) in [5.41, 5.74) is 0.464. The van der Waals surface area contributed by atoms with Crippen LogP contribution in [0, 0.1) is 0 Å². The van der Waals surface area contributed by atoms with Crippen LogP contribution in [0.15, 0.2) is 35.4 Å². The lowest BCUT2D eigenvalue weighted by atomic mass is 10.1. The van der Waals surface area contributed by atoms with Gasteiger partial charge in [0.15, 0.2) is 5.69 Å². The van der Waals surface area contributed by atoms with Gasteiger partial charge >= 0.3 is 6.18 Å². The number of amides is 1. The Bertz CT molecular complexity index is 1260. The molecule has 0 fully saturated rings. The Morgan fingerprint density at radius 2 is 2.11 bits per heavy atom. The standard InChI is InChI=1S/C16H12F3N7O2/c17-16(18,19)7-1-2-9-8(5-7)23-15(28)13-24-12(14(27)25-20)10(26(9)13)6-11-21-3-4-22-11/h1-5H,6,20H2,(H,21,22)(H,23,28)(H,25,27). The van der Waals surface area contributed by atoms with Crippen LogP contribution in [0.4, 0.5) is 13.2 Å². The number of fused-ring (bicyclic) bond motifs is 3. The first kappa shape index (κ1) is 17.7. The maximum absolute atomic E-state index is 13.0. The number of rotatable bonds is 3. The van der Waals surface area contributed by atoms with Crippen molar-refractivity contribution in [2.75, 3.05) is 0 Å². The van der Waals surface area contributed by atoms with E-state index in [0.29, 0.717) is 5.82 Å². The first-order valence-electron chi connectivity index (χ1n) is 7.93. The number of alkyl halides is 3. The molecule has 0 radical (unpaired) electrons. The van der Waals surface area contributed by atoms with Gasteiger partial charge < -0.3 is 9.97 Å². The van der Waals surface area contributed by atoms with Gasteiger partial charge in [-0.1, -0.05) is 0 Å². The highest BCUT2D eigenvalue weighted by Crippen LogP contribution is 2.31. The third kappa shape index (κ3) is 2.79. The van der Waals surface area contributed by atoms with Gasteiger partial charge in [-0.2, -0.15) is 13.2 Å². The molecule has 28 heavy (non-hydrogen) atoms. The average Bonchev–Trinajstić information content (AvgIpc) is 3.29. The maximum Gasteiger partial charge on any atom is 0.416 e. The predicted molar refractivity (Wildman–Crippen MR) is 91.4 cm³/mol. The van der Waals surface area contributed by atoms with E-state index in [2.05, 4.69) is 19.9 Å². The normalized spacial score (nSPS) is 12.0. The largest absolute Gasteiger partial charge is 0.416 e. The van der Waals surface area contributed by atoms with Crippen molar-refractivity contribution in [2.24, 2.45) is 5.84 Å². The summed E-state index contributed by atoms with van der Waals surface area (Å²) in [4.78, 5) is 38.0. The number of nitrogen functional groups attached to an aromatic ring is 1. The fourth-order valence-electron chi connectivity index (χ4n) is 3.02. The van der Waals surface area contributed by atoms with E-state index in [1.165, 1.54) is 16.7 Å². The number of benzene rings is 1. The average molecular weight is 391 g/mol. The number of aromatic amines is 2. The second-order valence-corrected chi connectivity index (χ2v) is 5.94. The second kappa shape index (κ2) is 6.20. The number of carbonyl (C=O) groups excluding carboxylic acids is 1. The van der Waals surface area contributed by atoms with Gasteiger partial charge in [0.2, 0.25) is 5.65 Å². The van der Waals surface area contributed by atoms with Crippen LogP contribution in [-0.2, 0) is 12.6 Å². The number of imidazole rings is 2. The van der Waals surface area contributed by atoms with E-state index in [1.807, 2.05) is 5.43 Å². The lowest BCUT2D eigenvalue weighted by molar-refractivity contribution is -0.137. The van der Waals surface area contributed by atoms with Gasteiger partial charge in [0.05, 0.1) is 22.3 Å². The molecule has 0 unspecified atom stereocenters. The lowest BCUT2D eigenvalue weighted by Crippen LogP contribution is -2.31. The van der Waals surface area contributed by atoms with Gasteiger partial charge in [0.25, 0.3) is 11.5 Å². The van der Waals surface area contributed by atoms with Gasteiger partial charge in [-0.05, 0) is 18.2 Å². The number of nitrogens with two attached hydrogens (primary N) is 1. The van der Waals surface area contributed by atoms with Crippen molar-refractivity contribution in [2.45, 2.75) is 12.6 Å². The molecule has 0 atom stereocenters. The summed E-state index contributed by atoms with van der Waals surface area (Å²) in [6, 6.07) is 2.92. The molecule has 0 saturated carbocycles. The van der Waals surface area contributed by atoms with Crippen LogP contribution in [-0.4, -0.2) is 30.2 Å². The molecule has 9 nitrogen and oxygen atoms in total. The van der Waals surface area contributed by atoms with E-state index in [4.69, 9.17) is 5.84 Å². The number of H-pyrrole nitrogens is 2. The Balaban J connectivity index is 2.07. The third-order valence-corrected chi connectivity index (χ3v) is 4.22. The number of hydrogen-bond acceptors (Lipinski definition) is 5. The molecule has 4 aromatic rings. The number of hydrazine groups is 1. The molecule has 0 bridgehead atoms. The number of nitrogens with zero attached hydrogens (tertiary/aromatic N) is 3. The van der Waals surface area contributed by atoms with Crippen LogP contribution in [0.1, 0.15) is 27.6 Å². The number of hydrogen-bond donors (Lipinski definition) is 4. The van der Waals surface area contributed by atoms with Crippen LogP contribution < -0.4 is 16.8 Å². The van der Waals surface area contributed by atoms with E-state index >= 15 is 0 Å². The van der Waals surface area contributed by atoms with Crippen LogP contribution in [0.25, 0.3) is 16.7 Å². The minimum Gasteiger partial charge on any atom is -0.348 e. The van der Waals surface area contributed by atoms with Crippen molar-refractivity contribution in [3.8, 4) is 0 Å². The number of carbonyl (C=O) groups is 1. The van der Waals surface area contributed by atoms with Crippen molar-refractivity contribution in [3.63, 3.8) is 0 Å². The fourth-order valence-corrected chi connectivity index (χ4v) is 3.02. The molecule has 0 spiro atoms. The topological polar surface area (TPSA) is 134 Å². The van der Waals surface area contributed by atoms with Gasteiger partial charge in [-0.25, -0.2) is 15.8 Å². The monoisotopic (exact) mass is 391 g/mol. The zero-order chi connectivity index (χ0) is 20.1. The van der Waals surface area contributed by atoms with E-state index < -0.39 is 23.2 Å². The first-order chi connectivity index (χ1) is 13.3. The molecular weight excluding hydrogens is 379 g/mol. The van der Waals surface area contributed by atoms with Crippen LogP contribution in [0.2, 0.25) is 0 Å². The van der Waals surface area contributed by atoms with Crippen molar-refractivity contribution < 1.29 is 18.0 Å². The molecule has 1 amide bonds. The zero-order valence-corrected chi connectivity index (χ0v) is 14.0. The molecule has 0 aliphatic rings. The molecule has 5 N–H and O–H groups in total.